The van der Waals surface area contributed by atoms with Crippen molar-refractivity contribution in [2.45, 2.75) is 46.0 Å². The van der Waals surface area contributed by atoms with Gasteiger partial charge in [0.25, 0.3) is 0 Å². The molecule has 1 aromatic rings. The Morgan fingerprint density at radius 1 is 1.07 bits per heavy atom. The summed E-state index contributed by atoms with van der Waals surface area (Å²) in [4.78, 5) is 0. The standard InChI is InChI=1S/C15H22/c1-3-12-6-5-7-14(8-12)11-15-9-13(4-2)10-15/h5-8,13,15H,3-4,9-11H2,1-2H3. The van der Waals surface area contributed by atoms with Gasteiger partial charge < -0.3 is 0 Å². The van der Waals surface area contributed by atoms with Gasteiger partial charge in [-0.2, -0.15) is 0 Å². The van der Waals surface area contributed by atoms with Crippen LogP contribution in [0.1, 0.15) is 44.2 Å². The van der Waals surface area contributed by atoms with Crippen molar-refractivity contribution in [3.05, 3.63) is 35.4 Å². The predicted molar refractivity (Wildman–Crippen MR) is 66.0 cm³/mol. The van der Waals surface area contributed by atoms with Gasteiger partial charge in [-0.3, -0.25) is 0 Å². The van der Waals surface area contributed by atoms with Gasteiger partial charge in [-0.1, -0.05) is 44.5 Å². The fourth-order valence-electron chi connectivity index (χ4n) is 2.68. The number of rotatable bonds is 4. The zero-order valence-electron chi connectivity index (χ0n) is 10.00. The van der Waals surface area contributed by atoms with Crippen LogP contribution in [-0.4, -0.2) is 0 Å². The van der Waals surface area contributed by atoms with Gasteiger partial charge in [0.2, 0.25) is 0 Å². The molecule has 0 saturated heterocycles. The van der Waals surface area contributed by atoms with Gasteiger partial charge in [0.1, 0.15) is 0 Å². The summed E-state index contributed by atoms with van der Waals surface area (Å²) in [7, 11) is 0. The largest absolute Gasteiger partial charge is 0.0651 e. The number of aryl methyl sites for hydroxylation is 1. The van der Waals surface area contributed by atoms with Crippen LogP contribution in [0.4, 0.5) is 0 Å². The molecule has 0 aliphatic heterocycles. The van der Waals surface area contributed by atoms with Crippen LogP contribution in [0.5, 0.6) is 0 Å². The highest BCUT2D eigenvalue weighted by molar-refractivity contribution is 5.24. The van der Waals surface area contributed by atoms with Crippen molar-refractivity contribution in [1.29, 1.82) is 0 Å². The molecular formula is C15H22. The topological polar surface area (TPSA) is 0 Å². The van der Waals surface area contributed by atoms with E-state index in [1.165, 1.54) is 31.2 Å². The van der Waals surface area contributed by atoms with Gasteiger partial charge in [-0.25, -0.2) is 0 Å². The quantitative estimate of drug-likeness (QED) is 0.685. The smallest absolute Gasteiger partial charge is 0.0250 e. The molecule has 0 nitrogen and oxygen atoms in total. The van der Waals surface area contributed by atoms with E-state index in [-0.39, 0.29) is 0 Å². The lowest BCUT2D eigenvalue weighted by molar-refractivity contribution is 0.187. The summed E-state index contributed by atoms with van der Waals surface area (Å²) in [5.74, 6) is 2.01. The van der Waals surface area contributed by atoms with Crippen molar-refractivity contribution in [1.82, 2.24) is 0 Å². The zero-order valence-corrected chi connectivity index (χ0v) is 10.00. The van der Waals surface area contributed by atoms with E-state index in [0.29, 0.717) is 0 Å². The average Bonchev–Trinajstić information content (AvgIpc) is 2.23. The summed E-state index contributed by atoms with van der Waals surface area (Å²) in [6, 6.07) is 9.13. The van der Waals surface area contributed by atoms with Crippen molar-refractivity contribution in [3.63, 3.8) is 0 Å². The van der Waals surface area contributed by atoms with Crippen LogP contribution >= 0.6 is 0 Å². The van der Waals surface area contributed by atoms with Gasteiger partial charge in [0, 0.05) is 0 Å². The maximum absolute atomic E-state index is 2.39. The first kappa shape index (κ1) is 10.7. The predicted octanol–water partition coefficient (Wildman–Crippen LogP) is 4.23. The summed E-state index contributed by atoms with van der Waals surface area (Å²) in [6.45, 7) is 4.55. The van der Waals surface area contributed by atoms with Gasteiger partial charge in [-0.15, -0.1) is 0 Å². The summed E-state index contributed by atoms with van der Waals surface area (Å²) >= 11 is 0. The Morgan fingerprint density at radius 2 is 1.80 bits per heavy atom. The molecule has 0 amide bonds. The Morgan fingerprint density at radius 3 is 2.47 bits per heavy atom. The fourth-order valence-corrected chi connectivity index (χ4v) is 2.68. The molecule has 0 unspecified atom stereocenters. The van der Waals surface area contributed by atoms with E-state index < -0.39 is 0 Å². The third-order valence-corrected chi connectivity index (χ3v) is 3.83. The molecule has 0 radical (unpaired) electrons. The first-order chi connectivity index (χ1) is 7.31. The molecule has 15 heavy (non-hydrogen) atoms. The fraction of sp³-hybridized carbons (Fsp3) is 0.600. The maximum atomic E-state index is 2.39. The third kappa shape index (κ3) is 2.62. The van der Waals surface area contributed by atoms with Crippen molar-refractivity contribution < 1.29 is 0 Å². The molecule has 1 aromatic carbocycles. The van der Waals surface area contributed by atoms with Gasteiger partial charge in [0.15, 0.2) is 0 Å². The van der Waals surface area contributed by atoms with E-state index in [1.54, 1.807) is 5.56 Å². The number of hydrogen-bond acceptors (Lipinski definition) is 0. The van der Waals surface area contributed by atoms with Crippen LogP contribution in [0, 0.1) is 11.8 Å². The second-order valence-electron chi connectivity index (χ2n) is 4.99. The monoisotopic (exact) mass is 202 g/mol. The molecule has 0 N–H and O–H groups in total. The van der Waals surface area contributed by atoms with Crippen molar-refractivity contribution in [2.24, 2.45) is 11.8 Å². The van der Waals surface area contributed by atoms with E-state index in [2.05, 4.69) is 38.1 Å². The zero-order chi connectivity index (χ0) is 10.7. The summed E-state index contributed by atoms with van der Waals surface area (Å²) in [5.41, 5.74) is 3.03. The molecular weight excluding hydrogens is 180 g/mol. The van der Waals surface area contributed by atoms with Gasteiger partial charge in [0.05, 0.1) is 0 Å². The minimum Gasteiger partial charge on any atom is -0.0651 e. The van der Waals surface area contributed by atoms with Crippen LogP contribution in [0.15, 0.2) is 24.3 Å². The molecule has 1 aliphatic rings. The van der Waals surface area contributed by atoms with Crippen LogP contribution in [0.3, 0.4) is 0 Å². The summed E-state index contributed by atoms with van der Waals surface area (Å²) in [5, 5.41) is 0. The molecule has 1 aliphatic carbocycles. The number of hydrogen-bond donors (Lipinski definition) is 0. The average molecular weight is 202 g/mol. The minimum absolute atomic E-state index is 0.974. The second-order valence-corrected chi connectivity index (χ2v) is 4.99. The first-order valence-corrected chi connectivity index (χ1v) is 6.39. The maximum Gasteiger partial charge on any atom is -0.0250 e. The van der Waals surface area contributed by atoms with Crippen LogP contribution in [-0.2, 0) is 12.8 Å². The second kappa shape index (κ2) is 4.83. The Hall–Kier alpha value is -0.780. The molecule has 0 atom stereocenters. The van der Waals surface area contributed by atoms with Crippen molar-refractivity contribution >= 4 is 0 Å². The Bertz CT molecular complexity index is 308. The molecule has 0 aromatic heterocycles. The van der Waals surface area contributed by atoms with Gasteiger partial charge in [-0.05, 0) is 48.6 Å². The molecule has 0 heteroatoms. The lowest BCUT2D eigenvalue weighted by atomic mass is 9.71. The molecule has 0 spiro atoms. The lowest BCUT2D eigenvalue weighted by Gasteiger charge is -2.34. The highest BCUT2D eigenvalue weighted by Gasteiger charge is 2.27. The van der Waals surface area contributed by atoms with Crippen molar-refractivity contribution in [3.8, 4) is 0 Å². The van der Waals surface area contributed by atoms with Crippen molar-refractivity contribution in [2.75, 3.05) is 0 Å². The summed E-state index contributed by atoms with van der Waals surface area (Å²) < 4.78 is 0. The Labute approximate surface area is 93.7 Å². The molecule has 0 bridgehead atoms. The van der Waals surface area contributed by atoms with E-state index in [4.69, 9.17) is 0 Å². The molecule has 0 heterocycles. The van der Waals surface area contributed by atoms with E-state index >= 15 is 0 Å². The van der Waals surface area contributed by atoms with Gasteiger partial charge >= 0.3 is 0 Å². The Balaban J connectivity index is 1.88. The molecule has 2 rings (SSSR count). The normalized spacial score (nSPS) is 24.9. The van der Waals surface area contributed by atoms with Crippen LogP contribution < -0.4 is 0 Å². The van der Waals surface area contributed by atoms with Crippen LogP contribution in [0.2, 0.25) is 0 Å². The van der Waals surface area contributed by atoms with E-state index in [0.717, 1.165) is 18.3 Å². The Kier molecular flexibility index (Phi) is 3.45. The lowest BCUT2D eigenvalue weighted by Crippen LogP contribution is -2.24. The molecule has 82 valence electrons. The van der Waals surface area contributed by atoms with Crippen LogP contribution in [0.25, 0.3) is 0 Å². The highest BCUT2D eigenvalue weighted by Crippen LogP contribution is 2.37. The minimum atomic E-state index is 0.974. The molecule has 1 saturated carbocycles. The van der Waals surface area contributed by atoms with E-state index in [9.17, 15) is 0 Å². The molecule has 1 fully saturated rings. The summed E-state index contributed by atoms with van der Waals surface area (Å²) in [6.07, 6.45) is 6.78. The third-order valence-electron chi connectivity index (χ3n) is 3.83. The SMILES string of the molecule is CCc1cccc(CC2CC(CC)C2)c1. The number of benzene rings is 1. The van der Waals surface area contributed by atoms with E-state index in [1.807, 2.05) is 0 Å². The first-order valence-electron chi connectivity index (χ1n) is 6.39. The highest BCUT2D eigenvalue weighted by atomic mass is 14.3.